The predicted molar refractivity (Wildman–Crippen MR) is 135 cm³/mol. The highest BCUT2D eigenvalue weighted by Gasteiger charge is 2.35. The van der Waals surface area contributed by atoms with E-state index >= 15 is 0 Å². The highest BCUT2D eigenvalue weighted by Crippen LogP contribution is 2.27. The number of hydrogen-bond donors (Lipinski definition) is 3. The first-order valence-electron chi connectivity index (χ1n) is 12.4. The van der Waals surface area contributed by atoms with E-state index in [4.69, 9.17) is 18.6 Å². The lowest BCUT2D eigenvalue weighted by Crippen LogP contribution is -2.49. The maximum atomic E-state index is 13.0. The Morgan fingerprint density at radius 3 is 2.48 bits per heavy atom. The van der Waals surface area contributed by atoms with Crippen LogP contribution in [0.4, 0.5) is 4.79 Å². The zero-order valence-corrected chi connectivity index (χ0v) is 21.9. The summed E-state index contributed by atoms with van der Waals surface area (Å²) in [7, 11) is 2.19. The molecule has 2 atom stereocenters. The van der Waals surface area contributed by atoms with Gasteiger partial charge in [0.1, 0.15) is 29.2 Å². The molecule has 0 radical (unpaired) electrons. The molecule has 40 heavy (non-hydrogen) atoms. The third-order valence-electron chi connectivity index (χ3n) is 6.23. The fraction of sp³-hybridized carbons (Fsp3) is 0.385. The second-order valence-corrected chi connectivity index (χ2v) is 9.02. The van der Waals surface area contributed by atoms with Gasteiger partial charge in [0, 0.05) is 6.42 Å². The van der Waals surface area contributed by atoms with E-state index < -0.39 is 54.0 Å². The average Bonchev–Trinajstić information content (AvgIpc) is 3.57. The lowest BCUT2D eigenvalue weighted by Gasteiger charge is -2.22. The van der Waals surface area contributed by atoms with Crippen molar-refractivity contribution in [3.8, 4) is 0 Å². The molecule has 0 aliphatic carbocycles. The summed E-state index contributed by atoms with van der Waals surface area (Å²) in [6, 6.07) is 7.84. The van der Waals surface area contributed by atoms with Crippen LogP contribution in [0.5, 0.6) is 0 Å². The molecule has 0 spiro atoms. The second kappa shape index (κ2) is 12.9. The van der Waals surface area contributed by atoms with Gasteiger partial charge in [-0.05, 0) is 18.4 Å². The van der Waals surface area contributed by atoms with Gasteiger partial charge in [-0.3, -0.25) is 4.68 Å². The molecule has 1 aliphatic rings. The summed E-state index contributed by atoms with van der Waals surface area (Å²) in [5.41, 5.74) is 0.517. The van der Waals surface area contributed by atoms with Crippen LogP contribution in [0.15, 0.2) is 40.9 Å². The number of hydrogen-bond acceptors (Lipinski definition) is 11. The third-order valence-corrected chi connectivity index (χ3v) is 6.23. The number of furan rings is 1. The molecule has 14 heteroatoms. The van der Waals surface area contributed by atoms with Crippen molar-refractivity contribution in [2.24, 2.45) is 0 Å². The minimum atomic E-state index is -1.04. The number of methoxy groups -OCH3 is 2. The smallest absolute Gasteiger partial charge is 0.375 e. The summed E-state index contributed by atoms with van der Waals surface area (Å²) >= 11 is 0. The van der Waals surface area contributed by atoms with Crippen LogP contribution in [-0.4, -0.2) is 76.9 Å². The van der Waals surface area contributed by atoms with E-state index in [0.717, 1.165) is 19.8 Å². The van der Waals surface area contributed by atoms with Crippen molar-refractivity contribution in [3.63, 3.8) is 0 Å². The number of aliphatic hydroxyl groups is 1. The van der Waals surface area contributed by atoms with Crippen LogP contribution >= 0.6 is 0 Å². The van der Waals surface area contributed by atoms with Crippen LogP contribution in [-0.2, 0) is 40.2 Å². The van der Waals surface area contributed by atoms with Crippen LogP contribution in [0, 0.1) is 0 Å². The standard InChI is InChI=1S/C26H29N5O9/c1-37-23(33)20-19-9-8-16(13-32)27-26(36)28-17(10-15-6-4-3-5-7-15)11-31-12-18(29-30-31)14-39-25(35)22(40-19)21(20)24(34)38-2/h3-7,12,16-17,32H,8-11,13-14H2,1-2H3,(H2,27,28,36)/t16-,17?/m0/s1. The topological polar surface area (TPSA) is 184 Å². The maximum Gasteiger partial charge on any atom is 0.375 e. The number of aryl methyl sites for hydroxylation is 1. The minimum absolute atomic E-state index is 0.0478. The van der Waals surface area contributed by atoms with Gasteiger partial charge in [-0.1, -0.05) is 35.5 Å². The van der Waals surface area contributed by atoms with Gasteiger partial charge in [0.05, 0.1) is 45.7 Å². The molecule has 14 nitrogen and oxygen atoms in total. The Morgan fingerprint density at radius 1 is 1.07 bits per heavy atom. The fourth-order valence-corrected chi connectivity index (χ4v) is 4.32. The number of nitrogens with zero attached hydrogens (tertiary/aromatic N) is 3. The summed E-state index contributed by atoms with van der Waals surface area (Å²) in [5.74, 6) is -3.61. The summed E-state index contributed by atoms with van der Waals surface area (Å²) < 4.78 is 22.0. The molecule has 4 rings (SSSR count). The van der Waals surface area contributed by atoms with Crippen molar-refractivity contribution in [2.45, 2.75) is 44.5 Å². The molecule has 3 heterocycles. The number of cyclic esters (lactones) is 1. The molecule has 0 saturated heterocycles. The predicted octanol–water partition coefficient (Wildman–Crippen LogP) is 1.02. The molecule has 0 fully saturated rings. The number of fused-ring (bicyclic) bond motifs is 4. The molecule has 0 saturated carbocycles. The van der Waals surface area contributed by atoms with Gasteiger partial charge in [-0.25, -0.2) is 19.2 Å². The Bertz CT molecular complexity index is 1370. The number of esters is 3. The lowest BCUT2D eigenvalue weighted by atomic mass is 10.0. The Hall–Kier alpha value is -4.72. The van der Waals surface area contributed by atoms with Gasteiger partial charge >= 0.3 is 23.9 Å². The zero-order chi connectivity index (χ0) is 28.6. The average molecular weight is 556 g/mol. The molecule has 4 bridgehead atoms. The first-order chi connectivity index (χ1) is 19.3. The normalized spacial score (nSPS) is 18.1. The van der Waals surface area contributed by atoms with Crippen LogP contribution in [0.2, 0.25) is 0 Å². The van der Waals surface area contributed by atoms with Crippen molar-refractivity contribution < 1.29 is 42.9 Å². The number of amides is 2. The Kier molecular flexibility index (Phi) is 9.11. The summed E-state index contributed by atoms with van der Waals surface area (Å²) in [6.07, 6.45) is 2.07. The van der Waals surface area contributed by atoms with Crippen LogP contribution in [0.1, 0.15) is 54.7 Å². The first kappa shape index (κ1) is 28.3. The SMILES string of the molecule is COC(=O)c1c2oc(c1C(=O)OC)C(=O)OCc1cn(nn1)CC(Cc1ccccc1)NC(=O)N[C@H](CO)CC2. The van der Waals surface area contributed by atoms with Crippen molar-refractivity contribution in [2.75, 3.05) is 20.8 Å². The van der Waals surface area contributed by atoms with Gasteiger partial charge in [0.2, 0.25) is 5.76 Å². The van der Waals surface area contributed by atoms with E-state index in [-0.39, 0.29) is 37.3 Å². The highest BCUT2D eigenvalue weighted by atomic mass is 16.6. The number of carbonyl (C=O) groups is 4. The van der Waals surface area contributed by atoms with Crippen LogP contribution in [0.3, 0.4) is 0 Å². The number of nitrogens with one attached hydrogen (secondary N) is 2. The Labute approximate surface area is 228 Å². The number of ether oxygens (including phenoxy) is 3. The maximum absolute atomic E-state index is 13.0. The van der Waals surface area contributed by atoms with Gasteiger partial charge in [-0.2, -0.15) is 0 Å². The number of aromatic nitrogens is 3. The number of aliphatic hydroxyl groups excluding tert-OH is 1. The van der Waals surface area contributed by atoms with E-state index in [0.29, 0.717) is 12.1 Å². The van der Waals surface area contributed by atoms with Gasteiger partial charge in [0.15, 0.2) is 0 Å². The molecule has 2 aromatic heterocycles. The number of benzene rings is 1. The van der Waals surface area contributed by atoms with Crippen LogP contribution < -0.4 is 10.6 Å². The highest BCUT2D eigenvalue weighted by molar-refractivity contribution is 6.10. The van der Waals surface area contributed by atoms with E-state index in [2.05, 4.69) is 20.9 Å². The van der Waals surface area contributed by atoms with E-state index in [9.17, 15) is 24.3 Å². The summed E-state index contributed by atoms with van der Waals surface area (Å²) in [6.45, 7) is -0.494. The molecule has 2 amide bonds. The second-order valence-electron chi connectivity index (χ2n) is 9.02. The van der Waals surface area contributed by atoms with Gasteiger partial charge in [0.25, 0.3) is 0 Å². The first-order valence-corrected chi connectivity index (χ1v) is 12.4. The number of urea groups is 1. The molecule has 1 aliphatic heterocycles. The number of carbonyl (C=O) groups excluding carboxylic acids is 4. The zero-order valence-electron chi connectivity index (χ0n) is 21.9. The fourth-order valence-electron chi connectivity index (χ4n) is 4.32. The molecule has 3 N–H and O–H groups in total. The largest absolute Gasteiger partial charge is 0.465 e. The minimum Gasteiger partial charge on any atom is -0.465 e. The number of rotatable bonds is 5. The molecular formula is C26H29N5O9. The molecule has 1 unspecified atom stereocenters. The Balaban J connectivity index is 1.69. The Morgan fingerprint density at radius 2 is 1.77 bits per heavy atom. The quantitative estimate of drug-likeness (QED) is 0.302. The van der Waals surface area contributed by atoms with E-state index in [1.807, 2.05) is 30.3 Å². The molecule has 3 aromatic rings. The van der Waals surface area contributed by atoms with Crippen molar-refractivity contribution in [1.29, 1.82) is 0 Å². The molecular weight excluding hydrogens is 526 g/mol. The van der Waals surface area contributed by atoms with Crippen molar-refractivity contribution in [3.05, 3.63) is 70.4 Å². The molecule has 212 valence electrons. The van der Waals surface area contributed by atoms with E-state index in [1.54, 1.807) is 6.20 Å². The van der Waals surface area contributed by atoms with Gasteiger partial charge in [-0.15, -0.1) is 5.10 Å². The van der Waals surface area contributed by atoms with Crippen molar-refractivity contribution >= 4 is 23.9 Å². The van der Waals surface area contributed by atoms with Gasteiger partial charge < -0.3 is 34.4 Å². The van der Waals surface area contributed by atoms with E-state index in [1.165, 1.54) is 4.68 Å². The van der Waals surface area contributed by atoms with Crippen molar-refractivity contribution in [1.82, 2.24) is 25.6 Å². The van der Waals surface area contributed by atoms with Crippen LogP contribution in [0.25, 0.3) is 0 Å². The summed E-state index contributed by atoms with van der Waals surface area (Å²) in [5, 5.41) is 23.6. The summed E-state index contributed by atoms with van der Waals surface area (Å²) in [4.78, 5) is 51.1. The monoisotopic (exact) mass is 555 g/mol. The molecule has 1 aromatic carbocycles. The third kappa shape index (κ3) is 6.64. The lowest BCUT2D eigenvalue weighted by molar-refractivity contribution is 0.0414.